The topological polar surface area (TPSA) is 115 Å². The summed E-state index contributed by atoms with van der Waals surface area (Å²) in [5.41, 5.74) is -8.33. The third-order valence-corrected chi connectivity index (χ3v) is 8.92. The van der Waals surface area contributed by atoms with Crippen LogP contribution in [0.4, 0.5) is 8.78 Å². The van der Waals surface area contributed by atoms with Crippen LogP contribution in [0.25, 0.3) is 0 Å². The van der Waals surface area contributed by atoms with Crippen LogP contribution in [0.3, 0.4) is 0 Å². The van der Waals surface area contributed by atoms with Crippen molar-refractivity contribution in [2.75, 3.05) is 6.61 Å². The van der Waals surface area contributed by atoms with Crippen LogP contribution < -0.4 is 0 Å². The summed E-state index contributed by atoms with van der Waals surface area (Å²) >= 11 is 6.41. The van der Waals surface area contributed by atoms with Crippen LogP contribution in [0.15, 0.2) is 23.8 Å². The number of allylic oxidation sites excluding steroid dienone is 4. The predicted molar refractivity (Wildman–Crippen MR) is 102 cm³/mol. The second-order valence-corrected chi connectivity index (χ2v) is 10.0. The SMILES string of the molecule is C[C@]12C=CC(=O)C=C1C(F)C(Cl)[C@H]1[C@@H]3CC(O)[C@](O)(C(=O)CO)[C@@]3(C)CC(O)[C@@]12F. The zero-order valence-electron chi connectivity index (χ0n) is 16.6. The van der Waals surface area contributed by atoms with E-state index >= 15 is 8.78 Å². The largest absolute Gasteiger partial charge is 0.390 e. The van der Waals surface area contributed by atoms with Crippen molar-refractivity contribution in [1.82, 2.24) is 0 Å². The van der Waals surface area contributed by atoms with Gasteiger partial charge in [0.05, 0.1) is 17.6 Å². The van der Waals surface area contributed by atoms with Crippen LogP contribution in [-0.2, 0) is 9.59 Å². The maximum Gasteiger partial charge on any atom is 0.192 e. The minimum atomic E-state index is -2.51. The Morgan fingerprint density at radius 1 is 1.30 bits per heavy atom. The molecule has 3 fully saturated rings. The molecule has 4 rings (SSSR count). The van der Waals surface area contributed by atoms with Gasteiger partial charge in [0.15, 0.2) is 22.8 Å². The number of halogens is 3. The average Bonchev–Trinajstić information content (AvgIpc) is 2.89. The maximum atomic E-state index is 17.0. The van der Waals surface area contributed by atoms with E-state index < -0.39 is 82.3 Å². The lowest BCUT2D eigenvalue weighted by molar-refractivity contribution is -0.225. The summed E-state index contributed by atoms with van der Waals surface area (Å²) in [7, 11) is 0. The number of aliphatic hydroxyl groups excluding tert-OH is 3. The molecule has 3 saturated carbocycles. The molecule has 166 valence electrons. The van der Waals surface area contributed by atoms with Crippen LogP contribution in [0.1, 0.15) is 26.7 Å². The molecule has 30 heavy (non-hydrogen) atoms. The summed E-state index contributed by atoms with van der Waals surface area (Å²) in [4.78, 5) is 24.3. The van der Waals surface area contributed by atoms with Crippen molar-refractivity contribution in [1.29, 1.82) is 0 Å². The Morgan fingerprint density at radius 2 is 1.93 bits per heavy atom. The first-order chi connectivity index (χ1) is 13.8. The van der Waals surface area contributed by atoms with Crippen molar-refractivity contribution in [3.63, 3.8) is 0 Å². The van der Waals surface area contributed by atoms with Gasteiger partial charge in [-0.25, -0.2) is 8.78 Å². The molecule has 0 radical (unpaired) electrons. The molecule has 0 aliphatic heterocycles. The molecule has 0 amide bonds. The minimum Gasteiger partial charge on any atom is -0.390 e. The highest BCUT2D eigenvalue weighted by Gasteiger charge is 2.78. The van der Waals surface area contributed by atoms with E-state index in [1.807, 2.05) is 0 Å². The van der Waals surface area contributed by atoms with E-state index in [2.05, 4.69) is 0 Å². The molecule has 4 unspecified atom stereocenters. The van der Waals surface area contributed by atoms with Crippen LogP contribution in [0.5, 0.6) is 0 Å². The third-order valence-electron chi connectivity index (χ3n) is 8.43. The molecule has 0 saturated heterocycles. The molecule has 10 atom stereocenters. The molecule has 6 nitrogen and oxygen atoms in total. The highest BCUT2D eigenvalue weighted by Crippen LogP contribution is 2.70. The Balaban J connectivity index is 1.92. The smallest absolute Gasteiger partial charge is 0.192 e. The Morgan fingerprint density at radius 3 is 2.53 bits per heavy atom. The van der Waals surface area contributed by atoms with Gasteiger partial charge < -0.3 is 20.4 Å². The molecule has 4 N–H and O–H groups in total. The van der Waals surface area contributed by atoms with Gasteiger partial charge in [0.2, 0.25) is 0 Å². The Hall–Kier alpha value is -1.19. The van der Waals surface area contributed by atoms with Gasteiger partial charge in [0.1, 0.15) is 12.8 Å². The number of carbonyl (C=O) groups is 2. The van der Waals surface area contributed by atoms with E-state index in [-0.39, 0.29) is 12.0 Å². The summed E-state index contributed by atoms with van der Waals surface area (Å²) in [6.07, 6.45) is -2.64. The quantitative estimate of drug-likeness (QED) is 0.466. The summed E-state index contributed by atoms with van der Waals surface area (Å²) in [6.45, 7) is 1.77. The highest BCUT2D eigenvalue weighted by atomic mass is 35.5. The van der Waals surface area contributed by atoms with E-state index in [0.717, 1.165) is 12.2 Å². The number of hydrogen-bond donors (Lipinski definition) is 4. The third kappa shape index (κ3) is 2.21. The lowest BCUT2D eigenvalue weighted by Crippen LogP contribution is -2.73. The van der Waals surface area contributed by atoms with Gasteiger partial charge in [0.25, 0.3) is 0 Å². The lowest BCUT2D eigenvalue weighted by atomic mass is 9.44. The minimum absolute atomic E-state index is 0.156. The fourth-order valence-corrected chi connectivity index (χ4v) is 7.28. The van der Waals surface area contributed by atoms with Crippen LogP contribution in [0, 0.1) is 22.7 Å². The average molecular weight is 447 g/mol. The number of carbonyl (C=O) groups excluding carboxylic acids is 2. The summed E-state index contributed by atoms with van der Waals surface area (Å²) in [5.74, 6) is -3.90. The van der Waals surface area contributed by atoms with Gasteiger partial charge >= 0.3 is 0 Å². The Labute approximate surface area is 177 Å². The summed E-state index contributed by atoms with van der Waals surface area (Å²) < 4.78 is 32.4. The second-order valence-electron chi connectivity index (χ2n) is 9.52. The van der Waals surface area contributed by atoms with Crippen molar-refractivity contribution in [3.8, 4) is 0 Å². The summed E-state index contributed by atoms with van der Waals surface area (Å²) in [5, 5.41) is 40.7. The second kappa shape index (κ2) is 6.42. The number of ketones is 2. The number of aliphatic hydroxyl groups is 4. The van der Waals surface area contributed by atoms with E-state index in [1.165, 1.54) is 19.9 Å². The first-order valence-corrected chi connectivity index (χ1v) is 10.4. The molecule has 0 aromatic heterocycles. The molecule has 0 aromatic carbocycles. The van der Waals surface area contributed by atoms with Crippen molar-refractivity contribution in [2.24, 2.45) is 22.7 Å². The Kier molecular flexibility index (Phi) is 4.71. The molecular weight excluding hydrogens is 422 g/mol. The van der Waals surface area contributed by atoms with Gasteiger partial charge in [-0.1, -0.05) is 13.0 Å². The van der Waals surface area contributed by atoms with Gasteiger partial charge in [-0.05, 0) is 43.4 Å². The van der Waals surface area contributed by atoms with Crippen molar-refractivity contribution in [2.45, 2.75) is 61.7 Å². The standard InChI is InChI=1S/C21H25ClF2O6/c1-18-4-3-9(26)5-11(18)17(23)16(22)15-10-6-12(27)21(30,14(29)8-25)19(10,2)7-13(28)20(15,18)24/h3-5,10,12-13,15-17,25,27-28,30H,6-8H2,1-2H3/t10-,12?,13?,15+,16?,17?,18-,19-,20+,21-/m0/s1. The molecule has 0 bridgehead atoms. The van der Waals surface area contributed by atoms with E-state index in [9.17, 15) is 30.0 Å². The number of hydrogen-bond acceptors (Lipinski definition) is 6. The molecule has 4 aliphatic carbocycles. The molecule has 0 spiro atoms. The normalized spacial score (nSPS) is 54.8. The van der Waals surface area contributed by atoms with Crippen LogP contribution in [-0.4, -0.2) is 73.6 Å². The monoisotopic (exact) mass is 446 g/mol. The molecule has 0 aromatic rings. The zero-order chi connectivity index (χ0) is 22.4. The Bertz CT molecular complexity index is 878. The predicted octanol–water partition coefficient (Wildman–Crippen LogP) is 0.786. The van der Waals surface area contributed by atoms with Crippen LogP contribution in [0.2, 0.25) is 0 Å². The number of rotatable bonds is 2. The van der Waals surface area contributed by atoms with Crippen molar-refractivity contribution >= 4 is 23.2 Å². The van der Waals surface area contributed by atoms with Crippen LogP contribution >= 0.6 is 11.6 Å². The van der Waals surface area contributed by atoms with E-state index in [0.29, 0.717) is 0 Å². The van der Waals surface area contributed by atoms with Gasteiger partial charge in [-0.3, -0.25) is 9.59 Å². The maximum absolute atomic E-state index is 17.0. The number of Topliss-reactive ketones (excluding diaryl/α,β-unsaturated/α-hetero) is 1. The fourth-order valence-electron chi connectivity index (χ4n) is 6.79. The fraction of sp³-hybridized carbons (Fsp3) is 0.714. The highest BCUT2D eigenvalue weighted by molar-refractivity contribution is 6.22. The zero-order valence-corrected chi connectivity index (χ0v) is 17.3. The van der Waals surface area contributed by atoms with E-state index in [1.54, 1.807) is 0 Å². The number of alkyl halides is 3. The molecule has 9 heteroatoms. The van der Waals surface area contributed by atoms with Crippen molar-refractivity contribution in [3.05, 3.63) is 23.8 Å². The molecule has 4 aliphatic rings. The van der Waals surface area contributed by atoms with Gasteiger partial charge in [-0.2, -0.15) is 0 Å². The lowest BCUT2D eigenvalue weighted by Gasteiger charge is -2.64. The van der Waals surface area contributed by atoms with Gasteiger partial charge in [0, 0.05) is 16.7 Å². The first-order valence-electron chi connectivity index (χ1n) is 9.95. The molecule has 0 heterocycles. The molecular formula is C21H25ClF2O6. The summed E-state index contributed by atoms with van der Waals surface area (Å²) in [6, 6.07) is 0. The van der Waals surface area contributed by atoms with Gasteiger partial charge in [-0.15, -0.1) is 11.6 Å². The first kappa shape index (κ1) is 22.0. The number of fused-ring (bicyclic) bond motifs is 5. The van der Waals surface area contributed by atoms with Crippen molar-refractivity contribution < 1.29 is 38.8 Å². The van der Waals surface area contributed by atoms with E-state index in [4.69, 9.17) is 11.6 Å².